The first-order valence-corrected chi connectivity index (χ1v) is 13.3. The number of hydrogen-bond donors (Lipinski definition) is 0. The molecule has 0 radical (unpaired) electrons. The van der Waals surface area contributed by atoms with Crippen molar-refractivity contribution in [2.45, 2.75) is 14.8 Å². The van der Waals surface area contributed by atoms with Crippen molar-refractivity contribution in [1.82, 2.24) is 9.97 Å². The van der Waals surface area contributed by atoms with E-state index in [0.717, 1.165) is 0 Å². The Hall–Kier alpha value is -0.121. The smallest absolute Gasteiger partial charge is 0.115 e. The predicted molar refractivity (Wildman–Crippen MR) is 46.8 cm³/mol. The van der Waals surface area contributed by atoms with Gasteiger partial charge in [0, 0.05) is 12.4 Å². The number of aromatic nitrogens is 2. The molecule has 0 N–H and O–H groups in total. The summed E-state index contributed by atoms with van der Waals surface area (Å²) in [6.07, 6.45) is 4.88. The summed E-state index contributed by atoms with van der Waals surface area (Å²) in [5.74, 6) is 0. The van der Waals surface area contributed by atoms with Crippen LogP contribution < -0.4 is 0 Å². The molecule has 0 aromatic carbocycles. The predicted octanol–water partition coefficient (Wildman–Crippen LogP) is 1.58. The van der Waals surface area contributed by atoms with Gasteiger partial charge in [-0.2, -0.15) is 0 Å². The summed E-state index contributed by atoms with van der Waals surface area (Å²) in [5, 5.41) is 0. The molecule has 0 fully saturated rings. The van der Waals surface area contributed by atoms with Gasteiger partial charge in [-0.05, 0) is 6.07 Å². The normalized spacial score (nSPS) is 8.40. The Bertz CT molecular complexity index is 112. The summed E-state index contributed by atoms with van der Waals surface area (Å²) in [6, 6.07) is 1.78. The van der Waals surface area contributed by atoms with Gasteiger partial charge < -0.3 is 0 Å². The van der Waals surface area contributed by atoms with Crippen LogP contribution in [0.5, 0.6) is 0 Å². The molecule has 0 bridgehead atoms. The average molecular weight is 245 g/mol. The van der Waals surface area contributed by atoms with Crippen molar-refractivity contribution in [3.8, 4) is 0 Å². The van der Waals surface area contributed by atoms with E-state index in [9.17, 15) is 0 Å². The molecule has 1 aromatic heterocycles. The molecule has 0 amide bonds. The second-order valence-corrected chi connectivity index (χ2v) is 12.5. The van der Waals surface area contributed by atoms with E-state index in [0.29, 0.717) is 0 Å². The monoisotopic (exact) mass is 246 g/mol. The van der Waals surface area contributed by atoms with Crippen LogP contribution in [0.3, 0.4) is 0 Å². The molecule has 0 unspecified atom stereocenters. The zero-order chi connectivity index (χ0) is 7.82. The summed E-state index contributed by atoms with van der Waals surface area (Å²) < 4.78 is 0. The van der Waals surface area contributed by atoms with Gasteiger partial charge in [0.25, 0.3) is 0 Å². The molecule has 0 aliphatic heterocycles. The minimum absolute atomic E-state index is 0.637. The molecule has 0 saturated heterocycles. The van der Waals surface area contributed by atoms with Gasteiger partial charge in [-0.15, -0.1) is 0 Å². The van der Waals surface area contributed by atoms with Crippen molar-refractivity contribution in [3.63, 3.8) is 0 Å². The first-order valence-electron chi connectivity index (χ1n) is 3.43. The van der Waals surface area contributed by atoms with E-state index in [1.807, 2.05) is 0 Å². The molecule has 10 heavy (non-hydrogen) atoms. The van der Waals surface area contributed by atoms with Crippen molar-refractivity contribution in [1.29, 1.82) is 0 Å². The van der Waals surface area contributed by atoms with E-state index in [-0.39, 0.29) is 0 Å². The Morgan fingerprint density at radius 3 is 1.50 bits per heavy atom. The Kier molecular flexibility index (Phi) is 6.91. The molecule has 56 valence electrons. The van der Waals surface area contributed by atoms with Gasteiger partial charge in [0.1, 0.15) is 6.33 Å². The van der Waals surface area contributed by atoms with Crippen LogP contribution in [-0.2, 0) is 0 Å². The van der Waals surface area contributed by atoms with Crippen LogP contribution in [0, 0.1) is 0 Å². The van der Waals surface area contributed by atoms with Gasteiger partial charge >= 0.3 is 34.6 Å². The standard InChI is InChI=1S/C4H4N2.3CH3.Sn.H/c1-2-5-4-6-3-1;;;;;/h1-4H;3*1H3;;. The quantitative estimate of drug-likeness (QED) is 0.648. The number of hydrogen-bond acceptors (Lipinski definition) is 2. The fraction of sp³-hybridized carbons (Fsp3) is 0.429. The van der Waals surface area contributed by atoms with Crippen LogP contribution in [-0.4, -0.2) is 29.7 Å². The largest absolute Gasteiger partial charge is 0.245 e. The zero-order valence-corrected chi connectivity index (χ0v) is 10.1. The van der Waals surface area contributed by atoms with Gasteiger partial charge in [0.15, 0.2) is 0 Å². The Morgan fingerprint density at radius 2 is 1.40 bits per heavy atom. The van der Waals surface area contributed by atoms with Crippen molar-refractivity contribution < 1.29 is 0 Å². The molecule has 1 aromatic rings. The molecule has 0 atom stereocenters. The third-order valence-corrected chi connectivity index (χ3v) is 0.478. The molecule has 0 aliphatic carbocycles. The van der Waals surface area contributed by atoms with Crippen molar-refractivity contribution in [3.05, 3.63) is 24.8 Å². The minimum Gasteiger partial charge on any atom is -0.245 e. The van der Waals surface area contributed by atoms with Crippen molar-refractivity contribution in [2.75, 3.05) is 0 Å². The van der Waals surface area contributed by atoms with Gasteiger partial charge in [-0.3, -0.25) is 0 Å². The van der Waals surface area contributed by atoms with Gasteiger partial charge in [0.2, 0.25) is 0 Å². The second-order valence-electron chi connectivity index (χ2n) is 2.64. The van der Waals surface area contributed by atoms with Crippen LogP contribution in [0.2, 0.25) is 14.8 Å². The Labute approximate surface area is 69.5 Å². The van der Waals surface area contributed by atoms with Gasteiger partial charge in [-0.1, -0.05) is 0 Å². The fourth-order valence-electron chi connectivity index (χ4n) is 0.253. The molecule has 1 rings (SSSR count). The van der Waals surface area contributed by atoms with Crippen LogP contribution >= 0.6 is 0 Å². The second kappa shape index (κ2) is 6.99. The first kappa shape index (κ1) is 9.88. The average Bonchev–Trinajstić information content (AvgIpc) is 1.90. The molecule has 3 heteroatoms. The summed E-state index contributed by atoms with van der Waals surface area (Å²) in [7, 11) is 0. The fourth-order valence-corrected chi connectivity index (χ4v) is 0.253. The van der Waals surface area contributed by atoms with E-state index >= 15 is 0 Å². The van der Waals surface area contributed by atoms with Crippen LogP contribution in [0.1, 0.15) is 0 Å². The zero-order valence-electron chi connectivity index (χ0n) is 6.78. The van der Waals surface area contributed by atoms with Crippen LogP contribution in [0.4, 0.5) is 0 Å². The maximum Gasteiger partial charge on any atom is 0.115 e. The SMILES string of the molecule is [CH3][SnH]([CH3])[CH3].c1cncnc1. The minimum atomic E-state index is -0.637. The van der Waals surface area contributed by atoms with E-state index in [2.05, 4.69) is 24.8 Å². The molecule has 2 nitrogen and oxygen atoms in total. The third kappa shape index (κ3) is 10.8. The Balaban J connectivity index is 0.000000180. The topological polar surface area (TPSA) is 25.8 Å². The molecular formula is C7H14N2Sn. The van der Waals surface area contributed by atoms with E-state index in [4.69, 9.17) is 0 Å². The first-order chi connectivity index (χ1) is 4.73. The molecule has 0 aliphatic rings. The van der Waals surface area contributed by atoms with E-state index in [1.165, 1.54) is 6.33 Å². The summed E-state index contributed by atoms with van der Waals surface area (Å²) in [6.45, 7) is 0. The maximum absolute atomic E-state index is 3.67. The van der Waals surface area contributed by atoms with E-state index < -0.39 is 19.8 Å². The summed E-state index contributed by atoms with van der Waals surface area (Å²) >= 11 is -0.637. The van der Waals surface area contributed by atoms with Crippen molar-refractivity contribution >= 4 is 19.8 Å². The van der Waals surface area contributed by atoms with Gasteiger partial charge in [-0.25, -0.2) is 9.97 Å². The summed E-state index contributed by atoms with van der Waals surface area (Å²) in [5.41, 5.74) is 0. The Morgan fingerprint density at radius 1 is 1.00 bits per heavy atom. The van der Waals surface area contributed by atoms with Crippen LogP contribution in [0.25, 0.3) is 0 Å². The molecule has 0 spiro atoms. The number of nitrogens with zero attached hydrogens (tertiary/aromatic N) is 2. The maximum atomic E-state index is 3.67. The molecule has 0 saturated carbocycles. The summed E-state index contributed by atoms with van der Waals surface area (Å²) in [4.78, 5) is 14.5. The van der Waals surface area contributed by atoms with E-state index in [1.54, 1.807) is 18.5 Å². The number of rotatable bonds is 0. The van der Waals surface area contributed by atoms with Gasteiger partial charge in [0.05, 0.1) is 0 Å². The van der Waals surface area contributed by atoms with Crippen LogP contribution in [0.15, 0.2) is 24.8 Å². The third-order valence-electron chi connectivity index (χ3n) is 0.478. The molecular weight excluding hydrogens is 231 g/mol. The molecule has 1 heterocycles. The van der Waals surface area contributed by atoms with Crippen molar-refractivity contribution in [2.24, 2.45) is 0 Å².